The Morgan fingerprint density at radius 2 is 1.21 bits per heavy atom. The summed E-state index contributed by atoms with van der Waals surface area (Å²) < 4.78 is 0. The van der Waals surface area contributed by atoms with Gasteiger partial charge in [-0.25, -0.2) is 0 Å². The van der Waals surface area contributed by atoms with Crippen molar-refractivity contribution < 1.29 is 0 Å². The molecule has 0 amide bonds. The number of rotatable bonds is 1. The lowest BCUT2D eigenvalue weighted by Gasteiger charge is -2.25. The van der Waals surface area contributed by atoms with Crippen LogP contribution >= 0.6 is 23.5 Å². The van der Waals surface area contributed by atoms with Gasteiger partial charge >= 0.3 is 0 Å². The molecule has 0 bridgehead atoms. The zero-order chi connectivity index (χ0) is 9.64. The maximum atomic E-state index is 3.66. The van der Waals surface area contributed by atoms with Crippen LogP contribution < -0.4 is 10.6 Å². The van der Waals surface area contributed by atoms with E-state index in [0.717, 1.165) is 0 Å². The third-order valence-corrected chi connectivity index (χ3v) is 5.52. The molecule has 0 aromatic carbocycles. The molecule has 2 N–H and O–H groups in total. The summed E-state index contributed by atoms with van der Waals surface area (Å²) in [6.07, 6.45) is 5.46. The molecule has 2 atom stereocenters. The van der Waals surface area contributed by atoms with Gasteiger partial charge in [0.05, 0.1) is 10.7 Å². The molecule has 2 aliphatic heterocycles. The van der Waals surface area contributed by atoms with Gasteiger partial charge in [-0.05, 0) is 50.3 Å². The van der Waals surface area contributed by atoms with E-state index in [1.54, 1.807) is 0 Å². The third-order valence-electron chi connectivity index (χ3n) is 2.70. The number of nitrogens with one attached hydrogen (secondary N) is 2. The second-order valence-corrected chi connectivity index (χ2v) is 6.40. The second kappa shape index (κ2) is 6.26. The molecule has 4 heteroatoms. The van der Waals surface area contributed by atoms with E-state index in [-0.39, 0.29) is 0 Å². The SMILES string of the molecule is C1CCSC(C2NCCCCS2)NC1. The first-order valence-electron chi connectivity index (χ1n) is 5.67. The van der Waals surface area contributed by atoms with Gasteiger partial charge in [0.2, 0.25) is 0 Å². The summed E-state index contributed by atoms with van der Waals surface area (Å²) in [6.45, 7) is 2.41. The Hall–Kier alpha value is 0.620. The maximum absolute atomic E-state index is 3.66. The van der Waals surface area contributed by atoms with Gasteiger partial charge in [-0.2, -0.15) is 0 Å². The molecule has 0 aromatic rings. The van der Waals surface area contributed by atoms with Gasteiger partial charge in [0.15, 0.2) is 0 Å². The zero-order valence-corrected chi connectivity index (χ0v) is 10.3. The fourth-order valence-electron chi connectivity index (χ4n) is 1.87. The summed E-state index contributed by atoms with van der Waals surface area (Å²) in [7, 11) is 0. The van der Waals surface area contributed by atoms with E-state index in [0.29, 0.717) is 10.7 Å². The Kier molecular flexibility index (Phi) is 4.97. The summed E-state index contributed by atoms with van der Waals surface area (Å²) >= 11 is 4.21. The molecule has 2 unspecified atom stereocenters. The molecular formula is C10H20N2S2. The standard InChI is InChI=1S/C10H20N2S2/c1-3-7-13-9(11-5-1)10-12-6-2-4-8-14-10/h9-12H,1-8H2. The predicted molar refractivity (Wildman–Crippen MR) is 67.0 cm³/mol. The van der Waals surface area contributed by atoms with Crippen molar-refractivity contribution in [3.8, 4) is 0 Å². The Morgan fingerprint density at radius 1 is 0.714 bits per heavy atom. The molecule has 2 rings (SSSR count). The molecule has 0 spiro atoms. The van der Waals surface area contributed by atoms with Gasteiger partial charge in [-0.3, -0.25) is 0 Å². The summed E-state index contributed by atoms with van der Waals surface area (Å²) in [6, 6.07) is 0. The van der Waals surface area contributed by atoms with Crippen LogP contribution in [0, 0.1) is 0 Å². The summed E-state index contributed by atoms with van der Waals surface area (Å²) in [5.74, 6) is 2.66. The molecule has 14 heavy (non-hydrogen) atoms. The Balaban J connectivity index is 1.83. The largest absolute Gasteiger partial charge is 0.303 e. The van der Waals surface area contributed by atoms with Gasteiger partial charge in [0.25, 0.3) is 0 Å². The van der Waals surface area contributed by atoms with E-state index >= 15 is 0 Å². The van der Waals surface area contributed by atoms with Crippen molar-refractivity contribution in [1.29, 1.82) is 0 Å². The Morgan fingerprint density at radius 3 is 1.71 bits per heavy atom. The van der Waals surface area contributed by atoms with Crippen LogP contribution in [0.2, 0.25) is 0 Å². The molecule has 2 aliphatic rings. The van der Waals surface area contributed by atoms with Crippen molar-refractivity contribution in [2.24, 2.45) is 0 Å². The van der Waals surface area contributed by atoms with E-state index in [1.807, 2.05) is 0 Å². The maximum Gasteiger partial charge on any atom is 0.0782 e. The Labute approximate surface area is 95.4 Å². The van der Waals surface area contributed by atoms with Crippen molar-refractivity contribution >= 4 is 23.5 Å². The first kappa shape index (κ1) is 11.1. The van der Waals surface area contributed by atoms with Crippen molar-refractivity contribution in [3.63, 3.8) is 0 Å². The van der Waals surface area contributed by atoms with Gasteiger partial charge in [0.1, 0.15) is 0 Å². The molecule has 2 heterocycles. The molecule has 0 saturated carbocycles. The minimum absolute atomic E-state index is 0.639. The second-order valence-electron chi connectivity index (χ2n) is 3.91. The zero-order valence-electron chi connectivity index (χ0n) is 8.63. The van der Waals surface area contributed by atoms with Crippen LogP contribution in [0.25, 0.3) is 0 Å². The van der Waals surface area contributed by atoms with Crippen LogP contribution in [0.4, 0.5) is 0 Å². The number of thioether (sulfide) groups is 2. The fourth-order valence-corrected chi connectivity index (χ4v) is 4.60. The van der Waals surface area contributed by atoms with Crippen LogP contribution in [0.1, 0.15) is 25.7 Å². The molecule has 2 fully saturated rings. The van der Waals surface area contributed by atoms with Crippen LogP contribution in [0.5, 0.6) is 0 Å². The smallest absolute Gasteiger partial charge is 0.0782 e. The number of hydrogen-bond donors (Lipinski definition) is 2. The van der Waals surface area contributed by atoms with Crippen molar-refractivity contribution in [2.45, 2.75) is 36.4 Å². The van der Waals surface area contributed by atoms with Crippen molar-refractivity contribution in [3.05, 3.63) is 0 Å². The molecule has 2 saturated heterocycles. The lowest BCUT2D eigenvalue weighted by Crippen LogP contribution is -2.43. The average molecular weight is 232 g/mol. The molecule has 0 aliphatic carbocycles. The van der Waals surface area contributed by atoms with E-state index in [4.69, 9.17) is 0 Å². The van der Waals surface area contributed by atoms with Crippen LogP contribution in [-0.2, 0) is 0 Å². The molecular weight excluding hydrogens is 212 g/mol. The predicted octanol–water partition coefficient (Wildman–Crippen LogP) is 1.87. The highest BCUT2D eigenvalue weighted by molar-refractivity contribution is 8.03. The van der Waals surface area contributed by atoms with Crippen LogP contribution in [0.15, 0.2) is 0 Å². The molecule has 0 radical (unpaired) electrons. The topological polar surface area (TPSA) is 24.1 Å². The summed E-state index contributed by atoms with van der Waals surface area (Å²) in [5, 5.41) is 8.60. The van der Waals surface area contributed by atoms with Crippen LogP contribution in [0.3, 0.4) is 0 Å². The summed E-state index contributed by atoms with van der Waals surface area (Å²) in [5.41, 5.74) is 0. The van der Waals surface area contributed by atoms with Gasteiger partial charge in [0, 0.05) is 0 Å². The first-order chi connectivity index (χ1) is 6.97. The first-order valence-corrected chi connectivity index (χ1v) is 7.76. The van der Waals surface area contributed by atoms with E-state index in [9.17, 15) is 0 Å². The highest BCUT2D eigenvalue weighted by Crippen LogP contribution is 2.26. The van der Waals surface area contributed by atoms with E-state index in [1.165, 1.54) is 50.3 Å². The average Bonchev–Trinajstić information content (AvgIpc) is 2.62. The van der Waals surface area contributed by atoms with Crippen molar-refractivity contribution in [1.82, 2.24) is 10.6 Å². The molecule has 2 nitrogen and oxygen atoms in total. The third kappa shape index (κ3) is 3.33. The monoisotopic (exact) mass is 232 g/mol. The van der Waals surface area contributed by atoms with Gasteiger partial charge < -0.3 is 10.6 Å². The fraction of sp³-hybridized carbons (Fsp3) is 1.00. The van der Waals surface area contributed by atoms with Crippen LogP contribution in [-0.4, -0.2) is 35.3 Å². The molecule has 0 aromatic heterocycles. The highest BCUT2D eigenvalue weighted by atomic mass is 32.2. The van der Waals surface area contributed by atoms with E-state index < -0.39 is 0 Å². The normalized spacial score (nSPS) is 36.0. The molecule has 82 valence electrons. The quantitative estimate of drug-likeness (QED) is 0.721. The Bertz CT molecular complexity index is 132. The van der Waals surface area contributed by atoms with E-state index in [2.05, 4.69) is 34.2 Å². The van der Waals surface area contributed by atoms with Gasteiger partial charge in [-0.1, -0.05) is 0 Å². The minimum Gasteiger partial charge on any atom is -0.303 e. The number of hydrogen-bond acceptors (Lipinski definition) is 4. The van der Waals surface area contributed by atoms with Crippen molar-refractivity contribution in [2.75, 3.05) is 24.6 Å². The lowest BCUT2D eigenvalue weighted by molar-refractivity contribution is 0.547. The lowest BCUT2D eigenvalue weighted by atomic mass is 10.3. The van der Waals surface area contributed by atoms with Gasteiger partial charge in [-0.15, -0.1) is 23.5 Å². The minimum atomic E-state index is 0.639. The summed E-state index contributed by atoms with van der Waals surface area (Å²) in [4.78, 5) is 0. The highest BCUT2D eigenvalue weighted by Gasteiger charge is 2.23.